The molecule has 2 aromatic rings. The summed E-state index contributed by atoms with van der Waals surface area (Å²) in [6, 6.07) is 8.56. The molecule has 0 unspecified atom stereocenters. The van der Waals surface area contributed by atoms with Gasteiger partial charge in [0.15, 0.2) is 0 Å². The largest absolute Gasteiger partial charge is 0.310 e. The number of aromatic nitrogens is 2. The molecule has 1 heterocycles. The predicted octanol–water partition coefficient (Wildman–Crippen LogP) is 3.24. The van der Waals surface area contributed by atoms with Crippen LogP contribution in [0.2, 0.25) is 5.02 Å². The highest BCUT2D eigenvalue weighted by atomic mass is 35.5. The summed E-state index contributed by atoms with van der Waals surface area (Å²) in [5.41, 5.74) is 3.07. The van der Waals surface area contributed by atoms with Gasteiger partial charge in [-0.3, -0.25) is 4.68 Å². The smallest absolute Gasteiger partial charge is 0.0937 e. The molecule has 1 aromatic heterocycles. The van der Waals surface area contributed by atoms with Gasteiger partial charge in [0, 0.05) is 31.4 Å². The highest BCUT2D eigenvalue weighted by Crippen LogP contribution is 2.27. The summed E-state index contributed by atoms with van der Waals surface area (Å²) in [5, 5.41) is 8.48. The zero-order chi connectivity index (χ0) is 13.1. The number of rotatable bonds is 4. The van der Waals surface area contributed by atoms with Crippen molar-refractivity contribution in [3.63, 3.8) is 0 Å². The minimum absolute atomic E-state index is 0.472. The quantitative estimate of drug-likeness (QED) is 0.918. The van der Waals surface area contributed by atoms with Gasteiger partial charge in [-0.05, 0) is 17.7 Å². The van der Waals surface area contributed by atoms with Gasteiger partial charge in [-0.1, -0.05) is 37.6 Å². The highest BCUT2D eigenvalue weighted by molar-refractivity contribution is 6.33. The lowest BCUT2D eigenvalue weighted by Crippen LogP contribution is -2.21. The van der Waals surface area contributed by atoms with Gasteiger partial charge < -0.3 is 5.32 Å². The number of benzene rings is 1. The van der Waals surface area contributed by atoms with E-state index in [1.54, 1.807) is 4.68 Å². The van der Waals surface area contributed by atoms with Crippen LogP contribution in [0.25, 0.3) is 11.3 Å². The van der Waals surface area contributed by atoms with E-state index >= 15 is 0 Å². The second kappa shape index (κ2) is 5.55. The monoisotopic (exact) mass is 263 g/mol. The molecule has 0 amide bonds. The van der Waals surface area contributed by atoms with Crippen molar-refractivity contribution in [1.29, 1.82) is 0 Å². The van der Waals surface area contributed by atoms with E-state index in [1.807, 2.05) is 31.4 Å². The van der Waals surface area contributed by atoms with Gasteiger partial charge in [0.2, 0.25) is 0 Å². The molecule has 4 heteroatoms. The molecule has 0 aliphatic heterocycles. The van der Waals surface area contributed by atoms with E-state index in [9.17, 15) is 0 Å². The summed E-state index contributed by atoms with van der Waals surface area (Å²) >= 11 is 6.31. The number of nitrogens with one attached hydrogen (secondary N) is 1. The van der Waals surface area contributed by atoms with E-state index in [0.29, 0.717) is 6.04 Å². The molecule has 96 valence electrons. The van der Waals surface area contributed by atoms with Gasteiger partial charge in [0.05, 0.1) is 10.7 Å². The van der Waals surface area contributed by atoms with Crippen molar-refractivity contribution in [3.8, 4) is 11.3 Å². The van der Waals surface area contributed by atoms with Crippen molar-refractivity contribution in [2.75, 3.05) is 0 Å². The highest BCUT2D eigenvalue weighted by Gasteiger charge is 2.07. The number of nitrogens with zero attached hydrogens (tertiary/aromatic N) is 2. The van der Waals surface area contributed by atoms with Crippen LogP contribution in [0.15, 0.2) is 30.5 Å². The molecule has 0 radical (unpaired) electrons. The maximum Gasteiger partial charge on any atom is 0.0937 e. The SMILES string of the molecule is CC(C)NCc1ccc(-c2ccn(C)n2)c(Cl)c1. The van der Waals surface area contributed by atoms with Crippen LogP contribution in [0.4, 0.5) is 0 Å². The summed E-state index contributed by atoms with van der Waals surface area (Å²) in [7, 11) is 1.90. The van der Waals surface area contributed by atoms with Gasteiger partial charge in [0.1, 0.15) is 0 Å². The first-order chi connectivity index (χ1) is 8.56. The average molecular weight is 264 g/mol. The number of hydrogen-bond donors (Lipinski definition) is 1. The van der Waals surface area contributed by atoms with Crippen molar-refractivity contribution in [2.24, 2.45) is 7.05 Å². The predicted molar refractivity (Wildman–Crippen MR) is 75.6 cm³/mol. The van der Waals surface area contributed by atoms with E-state index < -0.39 is 0 Å². The first kappa shape index (κ1) is 13.1. The first-order valence-corrected chi connectivity index (χ1v) is 6.46. The second-order valence-corrected chi connectivity index (χ2v) is 5.13. The van der Waals surface area contributed by atoms with Crippen molar-refractivity contribution in [1.82, 2.24) is 15.1 Å². The van der Waals surface area contributed by atoms with Crippen LogP contribution >= 0.6 is 11.6 Å². The standard InChI is InChI=1S/C14H18ClN3/c1-10(2)16-9-11-4-5-12(13(15)8-11)14-6-7-18(3)17-14/h4-8,10,16H,9H2,1-3H3. The summed E-state index contributed by atoms with van der Waals surface area (Å²) in [6.07, 6.45) is 1.92. The molecule has 0 saturated carbocycles. The third kappa shape index (κ3) is 3.12. The molecule has 3 nitrogen and oxygen atoms in total. The summed E-state index contributed by atoms with van der Waals surface area (Å²) < 4.78 is 1.78. The molecule has 0 bridgehead atoms. The Bertz CT molecular complexity index is 532. The molecule has 0 aliphatic carbocycles. The van der Waals surface area contributed by atoms with Crippen LogP contribution in [0.3, 0.4) is 0 Å². The Labute approximate surface area is 113 Å². The Morgan fingerprint density at radius 1 is 1.33 bits per heavy atom. The third-order valence-corrected chi connectivity index (χ3v) is 3.05. The fraction of sp³-hybridized carbons (Fsp3) is 0.357. The third-order valence-electron chi connectivity index (χ3n) is 2.74. The Kier molecular flexibility index (Phi) is 4.04. The fourth-order valence-corrected chi connectivity index (χ4v) is 2.06. The molecule has 2 rings (SSSR count). The molecule has 0 atom stereocenters. The minimum atomic E-state index is 0.472. The summed E-state index contributed by atoms with van der Waals surface area (Å²) in [6.45, 7) is 5.09. The van der Waals surface area contributed by atoms with E-state index in [1.165, 1.54) is 5.56 Å². The fourth-order valence-electron chi connectivity index (χ4n) is 1.76. The zero-order valence-electron chi connectivity index (χ0n) is 10.9. The molecule has 1 aromatic carbocycles. The Hall–Kier alpha value is -1.32. The van der Waals surface area contributed by atoms with Gasteiger partial charge >= 0.3 is 0 Å². The van der Waals surface area contributed by atoms with Crippen LogP contribution in [0.1, 0.15) is 19.4 Å². The van der Waals surface area contributed by atoms with Crippen LogP contribution in [-0.2, 0) is 13.6 Å². The van der Waals surface area contributed by atoms with Gasteiger partial charge in [0.25, 0.3) is 0 Å². The molecule has 0 spiro atoms. The molecule has 1 N–H and O–H groups in total. The summed E-state index contributed by atoms with van der Waals surface area (Å²) in [4.78, 5) is 0. The van der Waals surface area contributed by atoms with Crippen molar-refractivity contribution < 1.29 is 0 Å². The Morgan fingerprint density at radius 3 is 2.67 bits per heavy atom. The van der Waals surface area contributed by atoms with E-state index in [2.05, 4.69) is 30.3 Å². The lowest BCUT2D eigenvalue weighted by Gasteiger charge is -2.09. The van der Waals surface area contributed by atoms with Gasteiger partial charge in [-0.2, -0.15) is 5.10 Å². The van der Waals surface area contributed by atoms with E-state index in [4.69, 9.17) is 11.6 Å². The van der Waals surface area contributed by atoms with Crippen molar-refractivity contribution in [2.45, 2.75) is 26.4 Å². The minimum Gasteiger partial charge on any atom is -0.310 e. The van der Waals surface area contributed by atoms with Crippen LogP contribution in [0, 0.1) is 0 Å². The topological polar surface area (TPSA) is 29.9 Å². The number of aryl methyl sites for hydroxylation is 1. The molecule has 18 heavy (non-hydrogen) atoms. The first-order valence-electron chi connectivity index (χ1n) is 6.08. The molecule has 0 saturated heterocycles. The van der Waals surface area contributed by atoms with E-state index in [-0.39, 0.29) is 0 Å². The molecule has 0 aliphatic rings. The van der Waals surface area contributed by atoms with Crippen LogP contribution in [-0.4, -0.2) is 15.8 Å². The van der Waals surface area contributed by atoms with E-state index in [0.717, 1.165) is 22.8 Å². The maximum atomic E-state index is 6.31. The zero-order valence-corrected chi connectivity index (χ0v) is 11.7. The Morgan fingerprint density at radius 2 is 2.11 bits per heavy atom. The number of hydrogen-bond acceptors (Lipinski definition) is 2. The number of halogens is 1. The molecular formula is C14H18ClN3. The van der Waals surface area contributed by atoms with Crippen LogP contribution in [0.5, 0.6) is 0 Å². The lowest BCUT2D eigenvalue weighted by atomic mass is 10.1. The lowest BCUT2D eigenvalue weighted by molar-refractivity contribution is 0.589. The maximum absolute atomic E-state index is 6.31. The van der Waals surface area contributed by atoms with Crippen molar-refractivity contribution in [3.05, 3.63) is 41.0 Å². The molecule has 0 fully saturated rings. The van der Waals surface area contributed by atoms with Gasteiger partial charge in [-0.15, -0.1) is 0 Å². The summed E-state index contributed by atoms with van der Waals surface area (Å²) in [5.74, 6) is 0. The Balaban J connectivity index is 2.20. The van der Waals surface area contributed by atoms with Gasteiger partial charge in [-0.25, -0.2) is 0 Å². The van der Waals surface area contributed by atoms with Crippen molar-refractivity contribution >= 4 is 11.6 Å². The average Bonchev–Trinajstić information content (AvgIpc) is 2.73. The normalized spacial score (nSPS) is 11.2. The second-order valence-electron chi connectivity index (χ2n) is 4.72. The van der Waals surface area contributed by atoms with Crippen LogP contribution < -0.4 is 5.32 Å². The molecular weight excluding hydrogens is 246 g/mol.